The lowest BCUT2D eigenvalue weighted by Gasteiger charge is -2.22. The van der Waals surface area contributed by atoms with E-state index >= 15 is 0 Å². The zero-order valence-electron chi connectivity index (χ0n) is 23.3. The van der Waals surface area contributed by atoms with Crippen molar-refractivity contribution >= 4 is 0 Å². The Hall–Kier alpha value is -1.44. The van der Waals surface area contributed by atoms with E-state index in [1.807, 2.05) is 12.1 Å². The molecule has 0 bridgehead atoms. The Bertz CT molecular complexity index is 682. The van der Waals surface area contributed by atoms with Crippen molar-refractivity contribution in [2.75, 3.05) is 0 Å². The smallest absolute Gasteiger partial charge is 0.123 e. The van der Waals surface area contributed by atoms with E-state index in [1.54, 1.807) is 0 Å². The zero-order valence-corrected chi connectivity index (χ0v) is 23.3. The third kappa shape index (κ3) is 12.9. The minimum absolute atomic E-state index is 0.155. The zero-order chi connectivity index (χ0) is 25.1. The lowest BCUT2D eigenvalue weighted by molar-refractivity contribution is 0.427. The summed E-state index contributed by atoms with van der Waals surface area (Å²) < 4.78 is 0. The summed E-state index contributed by atoms with van der Waals surface area (Å²) in [5, 5.41) is 21.1. The van der Waals surface area contributed by atoms with Crippen LogP contribution in [-0.2, 0) is 6.42 Å². The van der Waals surface area contributed by atoms with Crippen LogP contribution in [0.1, 0.15) is 166 Å². The van der Waals surface area contributed by atoms with Crippen LogP contribution in [0.25, 0.3) is 0 Å². The Morgan fingerprint density at radius 1 is 0.657 bits per heavy atom. The van der Waals surface area contributed by atoms with Gasteiger partial charge in [-0.3, -0.25) is 0 Å². The molecule has 1 aromatic rings. The maximum atomic E-state index is 10.6. The molecule has 1 atom stereocenters. The van der Waals surface area contributed by atoms with E-state index < -0.39 is 0 Å². The van der Waals surface area contributed by atoms with E-state index in [0.29, 0.717) is 0 Å². The number of phenols is 2. The highest BCUT2D eigenvalue weighted by Gasteiger charge is 2.21. The number of hydrogen-bond acceptors (Lipinski definition) is 2. The largest absolute Gasteiger partial charge is 0.507 e. The Labute approximate surface area is 217 Å². The molecule has 35 heavy (non-hydrogen) atoms. The summed E-state index contributed by atoms with van der Waals surface area (Å²) in [7, 11) is 0. The molecule has 2 N–H and O–H groups in total. The van der Waals surface area contributed by atoms with Crippen molar-refractivity contribution in [2.45, 2.75) is 161 Å². The van der Waals surface area contributed by atoms with Crippen LogP contribution < -0.4 is 0 Å². The summed E-state index contributed by atoms with van der Waals surface area (Å²) in [5.74, 6) is 0.708. The van der Waals surface area contributed by atoms with E-state index in [-0.39, 0.29) is 17.4 Å². The van der Waals surface area contributed by atoms with Crippen molar-refractivity contribution in [3.05, 3.63) is 34.9 Å². The minimum atomic E-state index is 0.155. The maximum absolute atomic E-state index is 10.6. The van der Waals surface area contributed by atoms with Gasteiger partial charge in [0, 0.05) is 11.5 Å². The predicted octanol–water partition coefficient (Wildman–Crippen LogP) is 10.9. The fraction of sp³-hybridized carbons (Fsp3) is 0.758. The van der Waals surface area contributed by atoms with E-state index in [0.717, 1.165) is 43.2 Å². The second kappa shape index (κ2) is 18.8. The first-order valence-corrected chi connectivity index (χ1v) is 15.3. The second-order valence-electron chi connectivity index (χ2n) is 11.3. The van der Waals surface area contributed by atoms with Gasteiger partial charge in [0.25, 0.3) is 0 Å². The normalized spacial score (nSPS) is 15.9. The van der Waals surface area contributed by atoms with E-state index in [9.17, 15) is 10.2 Å². The number of benzene rings is 1. The van der Waals surface area contributed by atoms with Crippen molar-refractivity contribution in [3.63, 3.8) is 0 Å². The van der Waals surface area contributed by atoms with Gasteiger partial charge in [0.15, 0.2) is 0 Å². The van der Waals surface area contributed by atoms with Gasteiger partial charge in [-0.25, -0.2) is 0 Å². The van der Waals surface area contributed by atoms with Crippen LogP contribution >= 0.6 is 0 Å². The van der Waals surface area contributed by atoms with E-state index in [2.05, 4.69) is 19.9 Å². The van der Waals surface area contributed by atoms with Crippen molar-refractivity contribution in [1.82, 2.24) is 0 Å². The molecule has 1 aromatic carbocycles. The topological polar surface area (TPSA) is 40.5 Å². The molecule has 0 fully saturated rings. The van der Waals surface area contributed by atoms with Crippen LogP contribution in [0.3, 0.4) is 0 Å². The number of phenolic OH excluding ortho intramolecular Hbond substituents is 2. The van der Waals surface area contributed by atoms with Gasteiger partial charge >= 0.3 is 0 Å². The highest BCUT2D eigenvalue weighted by atomic mass is 16.3. The summed E-state index contributed by atoms with van der Waals surface area (Å²) in [6, 6.07) is 3.78. The molecule has 0 aliphatic heterocycles. The van der Waals surface area contributed by atoms with E-state index in [1.165, 1.54) is 115 Å². The first kappa shape index (κ1) is 29.8. The van der Waals surface area contributed by atoms with Crippen LogP contribution in [0.15, 0.2) is 23.8 Å². The molecular weight excluding hydrogens is 428 g/mol. The SMILES string of the molecule is CCCCCCCCCCCCCCCCCCCCc1cc(O)c(C2C=C(C)CCC2)c(O)c1. The van der Waals surface area contributed by atoms with Crippen molar-refractivity contribution in [3.8, 4) is 11.5 Å². The highest BCUT2D eigenvalue weighted by Crippen LogP contribution is 2.41. The minimum Gasteiger partial charge on any atom is -0.507 e. The fourth-order valence-electron chi connectivity index (χ4n) is 5.77. The van der Waals surface area contributed by atoms with Gasteiger partial charge in [0.2, 0.25) is 0 Å². The van der Waals surface area contributed by atoms with Crippen LogP contribution in [-0.4, -0.2) is 10.2 Å². The number of hydrogen-bond donors (Lipinski definition) is 2. The number of rotatable bonds is 20. The molecule has 0 saturated carbocycles. The average molecular weight is 485 g/mol. The molecule has 2 rings (SSSR count). The Morgan fingerprint density at radius 2 is 1.09 bits per heavy atom. The monoisotopic (exact) mass is 484 g/mol. The third-order valence-corrected chi connectivity index (χ3v) is 7.96. The molecule has 200 valence electrons. The quantitative estimate of drug-likeness (QED) is 0.143. The molecule has 2 heteroatoms. The predicted molar refractivity (Wildman–Crippen MR) is 153 cm³/mol. The Kier molecular flexibility index (Phi) is 16.0. The van der Waals surface area contributed by atoms with Gasteiger partial charge in [0.1, 0.15) is 11.5 Å². The van der Waals surface area contributed by atoms with Crippen molar-refractivity contribution in [2.24, 2.45) is 0 Å². The van der Waals surface area contributed by atoms with Crippen LogP contribution in [0.5, 0.6) is 11.5 Å². The molecule has 0 saturated heterocycles. The summed E-state index contributed by atoms with van der Waals surface area (Å²) in [6.07, 6.45) is 31.4. The first-order chi connectivity index (χ1) is 17.1. The van der Waals surface area contributed by atoms with Crippen LogP contribution in [0.2, 0.25) is 0 Å². The summed E-state index contributed by atoms with van der Waals surface area (Å²) in [5.41, 5.74) is 3.16. The summed E-state index contributed by atoms with van der Waals surface area (Å²) >= 11 is 0. The molecule has 0 aromatic heterocycles. The summed E-state index contributed by atoms with van der Waals surface area (Å²) in [4.78, 5) is 0. The molecule has 1 unspecified atom stereocenters. The molecule has 1 aliphatic carbocycles. The van der Waals surface area contributed by atoms with Gasteiger partial charge < -0.3 is 10.2 Å². The Balaban J connectivity index is 1.43. The van der Waals surface area contributed by atoms with Crippen LogP contribution in [0.4, 0.5) is 0 Å². The van der Waals surface area contributed by atoms with Crippen molar-refractivity contribution in [1.29, 1.82) is 0 Å². The van der Waals surface area contributed by atoms with Crippen molar-refractivity contribution < 1.29 is 10.2 Å². The Morgan fingerprint density at radius 3 is 1.51 bits per heavy atom. The van der Waals surface area contributed by atoms with Crippen LogP contribution in [0, 0.1) is 0 Å². The molecule has 0 amide bonds. The van der Waals surface area contributed by atoms with Gasteiger partial charge in [0.05, 0.1) is 0 Å². The third-order valence-electron chi connectivity index (χ3n) is 7.96. The second-order valence-corrected chi connectivity index (χ2v) is 11.3. The number of aryl methyl sites for hydroxylation is 1. The van der Waals surface area contributed by atoms with Gasteiger partial charge in [-0.1, -0.05) is 128 Å². The van der Waals surface area contributed by atoms with E-state index in [4.69, 9.17) is 0 Å². The highest BCUT2D eigenvalue weighted by molar-refractivity contribution is 5.50. The molecule has 1 aliphatic rings. The lowest BCUT2D eigenvalue weighted by atomic mass is 9.84. The number of allylic oxidation sites excluding steroid dienone is 2. The lowest BCUT2D eigenvalue weighted by Crippen LogP contribution is -2.03. The molecule has 2 nitrogen and oxygen atoms in total. The van der Waals surface area contributed by atoms with Gasteiger partial charge in [-0.15, -0.1) is 0 Å². The average Bonchev–Trinajstić information content (AvgIpc) is 2.83. The first-order valence-electron chi connectivity index (χ1n) is 15.3. The maximum Gasteiger partial charge on any atom is 0.123 e. The molecule has 0 heterocycles. The number of aromatic hydroxyl groups is 2. The standard InChI is InChI=1S/C33H56O2/c1-3-4-5-6-7-8-9-10-11-12-13-14-15-16-17-18-19-20-23-29-26-31(34)33(32(35)27-29)30-24-21-22-28(2)25-30/h25-27,30,34-35H,3-24H2,1-2H3. The fourth-order valence-corrected chi connectivity index (χ4v) is 5.77. The number of unbranched alkanes of at least 4 members (excludes halogenated alkanes) is 17. The summed E-state index contributed by atoms with van der Waals surface area (Å²) in [6.45, 7) is 4.44. The van der Waals surface area contributed by atoms with Gasteiger partial charge in [-0.05, 0) is 56.7 Å². The molecule has 0 radical (unpaired) electrons. The molecular formula is C33H56O2. The van der Waals surface area contributed by atoms with Gasteiger partial charge in [-0.2, -0.15) is 0 Å². The molecule has 0 spiro atoms.